The Hall–Kier alpha value is -2.35. The molecule has 7 nitrogen and oxygen atoms in total. The van der Waals surface area contributed by atoms with Gasteiger partial charge in [-0.25, -0.2) is 0 Å². The largest absolute Gasteiger partial charge is 0.484 e. The van der Waals surface area contributed by atoms with E-state index in [4.69, 9.17) is 38.8 Å². The van der Waals surface area contributed by atoms with Crippen molar-refractivity contribution in [3.05, 3.63) is 57.8 Å². The number of nitrogens with one attached hydrogen (secondary N) is 1. The second-order valence-corrected chi connectivity index (χ2v) is 8.01. The predicted octanol–water partition coefficient (Wildman–Crippen LogP) is 3.63. The van der Waals surface area contributed by atoms with Crippen LogP contribution in [0.5, 0.6) is 5.75 Å². The van der Waals surface area contributed by atoms with Crippen LogP contribution in [0.2, 0.25) is 10.0 Å². The summed E-state index contributed by atoms with van der Waals surface area (Å²) in [6.45, 7) is 0.285. The summed E-state index contributed by atoms with van der Waals surface area (Å²) in [6.07, 6.45) is 7.26. The molecule has 2 aromatic rings. The van der Waals surface area contributed by atoms with Crippen LogP contribution in [0.1, 0.15) is 43.4 Å². The first-order valence-corrected chi connectivity index (χ1v) is 10.8. The number of pyridine rings is 1. The van der Waals surface area contributed by atoms with Crippen LogP contribution in [0.15, 0.2) is 36.5 Å². The second kappa shape index (κ2) is 13.1. The normalized spacial score (nSPS) is 13.6. The molecule has 1 heterocycles. The molecule has 0 bridgehead atoms. The number of halogens is 2. The number of amides is 2. The summed E-state index contributed by atoms with van der Waals surface area (Å²) in [4.78, 5) is 26.5. The van der Waals surface area contributed by atoms with Crippen LogP contribution in [-0.4, -0.2) is 28.5 Å². The molecule has 0 aliphatic heterocycles. The van der Waals surface area contributed by atoms with Crippen molar-refractivity contribution in [1.82, 2.24) is 10.3 Å². The summed E-state index contributed by atoms with van der Waals surface area (Å²) >= 11 is 11.4. The van der Waals surface area contributed by atoms with Crippen molar-refractivity contribution in [3.8, 4) is 5.75 Å². The summed E-state index contributed by atoms with van der Waals surface area (Å²) in [5.41, 5.74) is 6.51. The Morgan fingerprint density at radius 2 is 1.87 bits per heavy atom. The van der Waals surface area contributed by atoms with Gasteiger partial charge in [-0.1, -0.05) is 42.5 Å². The van der Waals surface area contributed by atoms with Crippen molar-refractivity contribution in [1.29, 1.82) is 0 Å². The average molecular weight is 468 g/mol. The fourth-order valence-corrected chi connectivity index (χ4v) is 3.42. The van der Waals surface area contributed by atoms with Crippen LogP contribution in [0.4, 0.5) is 0 Å². The van der Waals surface area contributed by atoms with Crippen molar-refractivity contribution in [3.63, 3.8) is 0 Å². The first kappa shape index (κ1) is 24.9. The van der Waals surface area contributed by atoms with Gasteiger partial charge in [0.2, 0.25) is 5.91 Å². The highest BCUT2D eigenvalue weighted by Crippen LogP contribution is 2.26. The van der Waals surface area contributed by atoms with E-state index >= 15 is 0 Å². The number of ether oxygens (including phenoxy) is 1. The van der Waals surface area contributed by atoms with E-state index in [-0.39, 0.29) is 25.0 Å². The third kappa shape index (κ3) is 9.12. The molecule has 1 aliphatic rings. The number of aromatic nitrogens is 1. The third-order valence-electron chi connectivity index (χ3n) is 4.76. The molecule has 168 valence electrons. The Morgan fingerprint density at radius 3 is 2.52 bits per heavy atom. The van der Waals surface area contributed by atoms with Crippen molar-refractivity contribution >= 4 is 35.0 Å². The average Bonchev–Trinajstić information content (AvgIpc) is 2.79. The highest BCUT2D eigenvalue weighted by Gasteiger charge is 2.20. The lowest BCUT2D eigenvalue weighted by molar-refractivity contribution is -0.126. The van der Waals surface area contributed by atoms with Crippen molar-refractivity contribution in [2.75, 3.05) is 6.61 Å². The molecule has 0 radical (unpaired) electrons. The highest BCUT2D eigenvalue weighted by atomic mass is 35.5. The molecule has 1 aromatic heterocycles. The van der Waals surface area contributed by atoms with Gasteiger partial charge in [0.25, 0.3) is 5.91 Å². The number of benzene rings is 1. The lowest BCUT2D eigenvalue weighted by Gasteiger charge is -2.20. The summed E-state index contributed by atoms with van der Waals surface area (Å²) in [5, 5.41) is 12.8. The van der Waals surface area contributed by atoms with Gasteiger partial charge in [0.1, 0.15) is 5.75 Å². The van der Waals surface area contributed by atoms with Crippen LogP contribution in [0, 0.1) is 5.92 Å². The first-order chi connectivity index (χ1) is 14.9. The first-order valence-electron chi connectivity index (χ1n) is 10.1. The number of rotatable bonds is 7. The molecule has 1 aromatic carbocycles. The maximum Gasteiger partial charge on any atom is 0.255 e. The van der Waals surface area contributed by atoms with E-state index in [9.17, 15) is 9.59 Å². The number of carbonyl (C=O) groups excluding carboxylic acids is 2. The molecule has 1 fully saturated rings. The topological polar surface area (TPSA) is 115 Å². The Morgan fingerprint density at radius 1 is 1.13 bits per heavy atom. The van der Waals surface area contributed by atoms with E-state index in [0.29, 0.717) is 22.3 Å². The van der Waals surface area contributed by atoms with Gasteiger partial charge in [0, 0.05) is 18.2 Å². The van der Waals surface area contributed by atoms with Crippen molar-refractivity contribution < 1.29 is 19.4 Å². The van der Waals surface area contributed by atoms with Gasteiger partial charge >= 0.3 is 0 Å². The lowest BCUT2D eigenvalue weighted by atomic mass is 9.89. The fraction of sp³-hybridized carbons (Fsp3) is 0.409. The Labute approximate surface area is 191 Å². The Kier molecular flexibility index (Phi) is 10.6. The minimum Gasteiger partial charge on any atom is -0.484 e. The van der Waals surface area contributed by atoms with E-state index in [1.165, 1.54) is 12.5 Å². The molecule has 2 amide bonds. The van der Waals surface area contributed by atoms with E-state index in [2.05, 4.69) is 10.3 Å². The van der Waals surface area contributed by atoms with Gasteiger partial charge < -0.3 is 20.9 Å². The van der Waals surface area contributed by atoms with Gasteiger partial charge in [-0.2, -0.15) is 0 Å². The van der Waals surface area contributed by atoms with Crippen LogP contribution in [0.25, 0.3) is 0 Å². The minimum absolute atomic E-state index is 0.00604. The SMILES string of the molecule is NC(=O)COc1ccc(Cl)c(Cl)c1.O=C(NCc1cc(CO)ccn1)C1CCCCC1. The zero-order chi connectivity index (χ0) is 22.6. The van der Waals surface area contributed by atoms with Crippen LogP contribution < -0.4 is 15.8 Å². The lowest BCUT2D eigenvalue weighted by Crippen LogP contribution is -2.31. The molecular weight excluding hydrogens is 441 g/mol. The molecule has 0 unspecified atom stereocenters. The molecule has 31 heavy (non-hydrogen) atoms. The van der Waals surface area contributed by atoms with Crippen LogP contribution >= 0.6 is 23.2 Å². The molecule has 4 N–H and O–H groups in total. The third-order valence-corrected chi connectivity index (χ3v) is 5.49. The number of hydrogen-bond acceptors (Lipinski definition) is 5. The van der Waals surface area contributed by atoms with E-state index < -0.39 is 5.91 Å². The molecule has 3 rings (SSSR count). The zero-order valence-corrected chi connectivity index (χ0v) is 18.7. The van der Waals surface area contributed by atoms with Crippen LogP contribution in [0.3, 0.4) is 0 Å². The molecular formula is C22H27Cl2N3O4. The monoisotopic (exact) mass is 467 g/mol. The zero-order valence-electron chi connectivity index (χ0n) is 17.2. The smallest absolute Gasteiger partial charge is 0.255 e. The number of aliphatic hydroxyl groups is 1. The van der Waals surface area contributed by atoms with E-state index in [0.717, 1.165) is 36.9 Å². The molecule has 1 aliphatic carbocycles. The quantitative estimate of drug-likeness (QED) is 0.574. The number of carbonyl (C=O) groups is 2. The van der Waals surface area contributed by atoms with E-state index in [1.54, 1.807) is 24.4 Å². The standard InChI is InChI=1S/C14H20N2O2.C8H7Cl2NO2/c17-10-11-6-7-15-13(8-11)9-16-14(18)12-4-2-1-3-5-12;9-6-2-1-5(3-7(6)10)13-4-8(11)12/h6-8,12,17H,1-5,9-10H2,(H,16,18);1-3H,4H2,(H2,11,12). The maximum atomic E-state index is 11.9. The summed E-state index contributed by atoms with van der Waals surface area (Å²) in [5.74, 6) is 0.255. The van der Waals surface area contributed by atoms with Gasteiger partial charge in [0.15, 0.2) is 6.61 Å². The Bertz CT molecular complexity index is 874. The minimum atomic E-state index is -0.536. The molecule has 1 saturated carbocycles. The summed E-state index contributed by atoms with van der Waals surface area (Å²) < 4.78 is 4.99. The summed E-state index contributed by atoms with van der Waals surface area (Å²) in [6, 6.07) is 8.30. The number of hydrogen-bond donors (Lipinski definition) is 3. The van der Waals surface area contributed by atoms with Crippen LogP contribution in [-0.2, 0) is 22.7 Å². The number of nitrogens with two attached hydrogens (primary N) is 1. The molecule has 0 atom stereocenters. The summed E-state index contributed by atoms with van der Waals surface area (Å²) in [7, 11) is 0. The molecule has 9 heteroatoms. The van der Waals surface area contributed by atoms with E-state index in [1.807, 2.05) is 6.07 Å². The van der Waals surface area contributed by atoms with Gasteiger partial charge in [-0.15, -0.1) is 0 Å². The number of primary amides is 1. The molecule has 0 saturated heterocycles. The number of nitrogens with zero attached hydrogens (tertiary/aromatic N) is 1. The number of aliphatic hydroxyl groups excluding tert-OH is 1. The van der Waals surface area contributed by atoms with Crippen molar-refractivity contribution in [2.45, 2.75) is 45.3 Å². The predicted molar refractivity (Wildman–Crippen MR) is 120 cm³/mol. The second-order valence-electron chi connectivity index (χ2n) is 7.20. The highest BCUT2D eigenvalue weighted by molar-refractivity contribution is 6.42. The fourth-order valence-electron chi connectivity index (χ4n) is 3.13. The van der Waals surface area contributed by atoms with Gasteiger partial charge in [-0.05, 0) is 42.7 Å². The van der Waals surface area contributed by atoms with Gasteiger partial charge in [-0.3, -0.25) is 14.6 Å². The maximum absolute atomic E-state index is 11.9. The Balaban J connectivity index is 0.000000233. The van der Waals surface area contributed by atoms with Crippen molar-refractivity contribution in [2.24, 2.45) is 11.7 Å². The van der Waals surface area contributed by atoms with Gasteiger partial charge in [0.05, 0.1) is 28.9 Å². The molecule has 0 spiro atoms.